The zero-order chi connectivity index (χ0) is 10.6. The molecule has 1 aromatic rings. The molecule has 0 aliphatic carbocycles. The third-order valence-electron chi connectivity index (χ3n) is 1.67. The standard InChI is InChI=1S/C12H16ClN/c1-12(2,3)9-14-8-10-4-6-11(13)7-5-10/h4-7,9H,8H2,1-3H3/b14-9+. The van der Waals surface area contributed by atoms with Crippen LogP contribution in [0.1, 0.15) is 26.3 Å². The van der Waals surface area contributed by atoms with Crippen molar-refractivity contribution in [2.24, 2.45) is 10.4 Å². The van der Waals surface area contributed by atoms with Gasteiger partial charge < -0.3 is 0 Å². The number of benzene rings is 1. The van der Waals surface area contributed by atoms with Crippen molar-refractivity contribution < 1.29 is 0 Å². The fraction of sp³-hybridized carbons (Fsp3) is 0.417. The predicted octanol–water partition coefficient (Wildman–Crippen LogP) is 3.96. The van der Waals surface area contributed by atoms with E-state index in [4.69, 9.17) is 11.6 Å². The van der Waals surface area contributed by atoms with Crippen LogP contribution in [0.25, 0.3) is 0 Å². The number of hydrogen-bond acceptors (Lipinski definition) is 1. The zero-order valence-corrected chi connectivity index (χ0v) is 9.67. The number of halogens is 1. The number of hydrogen-bond donors (Lipinski definition) is 0. The summed E-state index contributed by atoms with van der Waals surface area (Å²) in [6.07, 6.45) is 1.99. The van der Waals surface area contributed by atoms with Gasteiger partial charge in [0.05, 0.1) is 6.54 Å². The first-order valence-electron chi connectivity index (χ1n) is 4.73. The summed E-state index contributed by atoms with van der Waals surface area (Å²) < 4.78 is 0. The molecule has 0 bridgehead atoms. The van der Waals surface area contributed by atoms with E-state index in [9.17, 15) is 0 Å². The zero-order valence-electron chi connectivity index (χ0n) is 8.92. The Labute approximate surface area is 90.8 Å². The Morgan fingerprint density at radius 2 is 1.79 bits per heavy atom. The first kappa shape index (κ1) is 11.3. The Hall–Kier alpha value is -0.820. The minimum absolute atomic E-state index is 0.159. The molecular formula is C12H16ClN. The molecule has 0 heterocycles. The lowest BCUT2D eigenvalue weighted by molar-refractivity contribution is 0.604. The normalized spacial score (nSPS) is 12.3. The quantitative estimate of drug-likeness (QED) is 0.654. The van der Waals surface area contributed by atoms with Gasteiger partial charge in [-0.1, -0.05) is 44.5 Å². The summed E-state index contributed by atoms with van der Waals surface area (Å²) in [6.45, 7) is 7.14. The summed E-state index contributed by atoms with van der Waals surface area (Å²) in [7, 11) is 0. The number of nitrogens with zero attached hydrogens (tertiary/aromatic N) is 1. The van der Waals surface area contributed by atoms with Gasteiger partial charge in [0.2, 0.25) is 0 Å². The molecule has 0 radical (unpaired) electrons. The molecule has 0 saturated carbocycles. The lowest BCUT2D eigenvalue weighted by atomic mass is 9.99. The first-order valence-corrected chi connectivity index (χ1v) is 5.10. The Morgan fingerprint density at radius 1 is 1.21 bits per heavy atom. The smallest absolute Gasteiger partial charge is 0.0636 e. The van der Waals surface area contributed by atoms with Crippen molar-refractivity contribution in [3.05, 3.63) is 34.9 Å². The van der Waals surface area contributed by atoms with Crippen LogP contribution in [0.5, 0.6) is 0 Å². The van der Waals surface area contributed by atoms with Gasteiger partial charge in [-0.25, -0.2) is 0 Å². The van der Waals surface area contributed by atoms with Crippen molar-refractivity contribution in [3.63, 3.8) is 0 Å². The van der Waals surface area contributed by atoms with Crippen LogP contribution >= 0.6 is 11.6 Å². The molecule has 0 aromatic heterocycles. The summed E-state index contributed by atoms with van der Waals surface area (Å²) >= 11 is 5.78. The van der Waals surface area contributed by atoms with Crippen LogP contribution in [-0.4, -0.2) is 6.21 Å². The first-order chi connectivity index (χ1) is 6.47. The van der Waals surface area contributed by atoms with Crippen LogP contribution < -0.4 is 0 Å². The Morgan fingerprint density at radius 3 is 2.29 bits per heavy atom. The molecule has 0 saturated heterocycles. The van der Waals surface area contributed by atoms with Crippen molar-refractivity contribution >= 4 is 17.8 Å². The Bertz CT molecular complexity index is 306. The molecule has 1 rings (SSSR count). The van der Waals surface area contributed by atoms with Gasteiger partial charge in [-0.3, -0.25) is 4.99 Å². The minimum Gasteiger partial charge on any atom is -0.292 e. The van der Waals surface area contributed by atoms with Crippen molar-refractivity contribution in [1.29, 1.82) is 0 Å². The maximum Gasteiger partial charge on any atom is 0.0636 e. The van der Waals surface area contributed by atoms with E-state index in [2.05, 4.69) is 25.8 Å². The van der Waals surface area contributed by atoms with E-state index in [0.717, 1.165) is 11.6 Å². The second-order valence-electron chi connectivity index (χ2n) is 4.46. The average Bonchev–Trinajstić information content (AvgIpc) is 2.06. The fourth-order valence-electron chi connectivity index (χ4n) is 1.01. The van der Waals surface area contributed by atoms with Gasteiger partial charge in [0.25, 0.3) is 0 Å². The molecule has 0 spiro atoms. The Kier molecular flexibility index (Phi) is 3.70. The van der Waals surface area contributed by atoms with Gasteiger partial charge in [0.1, 0.15) is 0 Å². The highest BCUT2D eigenvalue weighted by molar-refractivity contribution is 6.30. The van der Waals surface area contributed by atoms with E-state index in [-0.39, 0.29) is 5.41 Å². The number of rotatable bonds is 2. The SMILES string of the molecule is CC(C)(C)/C=N/Cc1ccc(Cl)cc1. The van der Waals surface area contributed by atoms with E-state index < -0.39 is 0 Å². The van der Waals surface area contributed by atoms with Gasteiger partial charge in [0, 0.05) is 11.2 Å². The molecule has 14 heavy (non-hydrogen) atoms. The maximum atomic E-state index is 5.78. The van der Waals surface area contributed by atoms with Crippen molar-refractivity contribution in [2.45, 2.75) is 27.3 Å². The maximum absolute atomic E-state index is 5.78. The molecule has 76 valence electrons. The molecule has 1 aromatic carbocycles. The summed E-state index contributed by atoms with van der Waals surface area (Å²) in [5.74, 6) is 0. The van der Waals surface area contributed by atoms with Gasteiger partial charge >= 0.3 is 0 Å². The summed E-state index contributed by atoms with van der Waals surface area (Å²) in [5, 5.41) is 0.772. The molecule has 1 nitrogen and oxygen atoms in total. The average molecular weight is 210 g/mol. The van der Waals surface area contributed by atoms with Crippen molar-refractivity contribution in [3.8, 4) is 0 Å². The molecule has 2 heteroatoms. The van der Waals surface area contributed by atoms with Gasteiger partial charge in [0.15, 0.2) is 0 Å². The molecule has 0 atom stereocenters. The highest BCUT2D eigenvalue weighted by Gasteiger charge is 2.04. The van der Waals surface area contributed by atoms with Crippen LogP contribution in [-0.2, 0) is 6.54 Å². The molecule has 0 fully saturated rings. The highest BCUT2D eigenvalue weighted by Crippen LogP contribution is 2.12. The molecule has 0 aliphatic heterocycles. The molecule has 0 N–H and O–H groups in total. The van der Waals surface area contributed by atoms with Gasteiger partial charge in [-0.2, -0.15) is 0 Å². The van der Waals surface area contributed by atoms with Crippen LogP contribution in [0.15, 0.2) is 29.3 Å². The largest absolute Gasteiger partial charge is 0.292 e. The number of aliphatic imine (C=N–C) groups is 1. The topological polar surface area (TPSA) is 12.4 Å². The van der Waals surface area contributed by atoms with Crippen LogP contribution in [0.2, 0.25) is 5.02 Å². The van der Waals surface area contributed by atoms with Gasteiger partial charge in [-0.05, 0) is 23.1 Å². The van der Waals surface area contributed by atoms with E-state index in [1.54, 1.807) is 0 Å². The van der Waals surface area contributed by atoms with Crippen molar-refractivity contribution in [2.75, 3.05) is 0 Å². The minimum atomic E-state index is 0.159. The van der Waals surface area contributed by atoms with E-state index in [0.29, 0.717) is 0 Å². The second kappa shape index (κ2) is 4.61. The van der Waals surface area contributed by atoms with E-state index in [1.165, 1.54) is 5.56 Å². The van der Waals surface area contributed by atoms with Crippen LogP contribution in [0.3, 0.4) is 0 Å². The van der Waals surface area contributed by atoms with Crippen LogP contribution in [0.4, 0.5) is 0 Å². The lowest BCUT2D eigenvalue weighted by Crippen LogP contribution is -2.06. The Balaban J connectivity index is 2.54. The van der Waals surface area contributed by atoms with Gasteiger partial charge in [-0.15, -0.1) is 0 Å². The lowest BCUT2D eigenvalue weighted by Gasteiger charge is -2.09. The third-order valence-corrected chi connectivity index (χ3v) is 1.92. The summed E-state index contributed by atoms with van der Waals surface area (Å²) in [6, 6.07) is 7.79. The predicted molar refractivity (Wildman–Crippen MR) is 63.1 cm³/mol. The summed E-state index contributed by atoms with van der Waals surface area (Å²) in [5.41, 5.74) is 1.35. The molecule has 0 unspecified atom stereocenters. The monoisotopic (exact) mass is 209 g/mol. The highest BCUT2D eigenvalue weighted by atomic mass is 35.5. The molecular weight excluding hydrogens is 194 g/mol. The third kappa shape index (κ3) is 4.43. The second-order valence-corrected chi connectivity index (χ2v) is 4.90. The summed E-state index contributed by atoms with van der Waals surface area (Å²) in [4.78, 5) is 4.37. The van der Waals surface area contributed by atoms with Crippen LogP contribution in [0, 0.1) is 5.41 Å². The molecule has 0 aliphatic rings. The van der Waals surface area contributed by atoms with Crippen molar-refractivity contribution in [1.82, 2.24) is 0 Å². The molecule has 0 amide bonds. The van der Waals surface area contributed by atoms with E-state index >= 15 is 0 Å². The van der Waals surface area contributed by atoms with E-state index in [1.807, 2.05) is 30.5 Å². The fourth-order valence-corrected chi connectivity index (χ4v) is 1.14.